The number of thiazole rings is 1. The molecule has 2 aliphatic heterocycles. The Morgan fingerprint density at radius 1 is 1.30 bits per heavy atom. The molecule has 0 aromatic carbocycles. The van der Waals surface area contributed by atoms with Gasteiger partial charge in [0.05, 0.1) is 29.3 Å². The molecule has 0 radical (unpaired) electrons. The smallest absolute Gasteiger partial charge is 0.153 e. The Kier molecular flexibility index (Phi) is 4.09. The van der Waals surface area contributed by atoms with Crippen molar-refractivity contribution in [1.82, 2.24) is 14.8 Å². The third kappa shape index (κ3) is 2.89. The lowest BCUT2D eigenvalue weighted by Gasteiger charge is -2.43. The molecule has 3 heterocycles. The van der Waals surface area contributed by atoms with Crippen LogP contribution in [-0.2, 0) is 16.4 Å². The van der Waals surface area contributed by atoms with Crippen molar-refractivity contribution < 1.29 is 13.5 Å². The lowest BCUT2D eigenvalue weighted by molar-refractivity contribution is 0.0302. The molecule has 2 atom stereocenters. The molecular formula is C12H19N3O3S2. The van der Waals surface area contributed by atoms with Crippen molar-refractivity contribution in [2.45, 2.75) is 18.6 Å². The second-order valence-electron chi connectivity index (χ2n) is 5.42. The number of piperazine rings is 1. The van der Waals surface area contributed by atoms with Gasteiger partial charge in [-0.05, 0) is 0 Å². The summed E-state index contributed by atoms with van der Waals surface area (Å²) in [6, 6.07) is 0.0431. The zero-order valence-corrected chi connectivity index (χ0v) is 12.8. The van der Waals surface area contributed by atoms with E-state index in [1.54, 1.807) is 16.8 Å². The van der Waals surface area contributed by atoms with Crippen LogP contribution in [-0.4, -0.2) is 78.1 Å². The van der Waals surface area contributed by atoms with Gasteiger partial charge in [0, 0.05) is 43.6 Å². The first-order valence-electron chi connectivity index (χ1n) is 6.75. The summed E-state index contributed by atoms with van der Waals surface area (Å²) in [6.45, 7) is 2.99. The zero-order valence-electron chi connectivity index (χ0n) is 11.2. The second kappa shape index (κ2) is 5.69. The van der Waals surface area contributed by atoms with E-state index < -0.39 is 9.84 Å². The van der Waals surface area contributed by atoms with Crippen molar-refractivity contribution in [2.24, 2.45) is 0 Å². The molecule has 0 saturated carbocycles. The summed E-state index contributed by atoms with van der Waals surface area (Å²) in [5, 5.41) is 11.1. The standard InChI is InChI=1S/C12H19N3O3S2/c16-4-3-14-1-2-15(5-10-6-19-9-13-10)12-8-20(17,18)7-11(12)14/h6,9,11-12,16H,1-5,7-8H2/t11-,12+/m0/s1. The van der Waals surface area contributed by atoms with Gasteiger partial charge in [-0.15, -0.1) is 11.3 Å². The molecule has 0 unspecified atom stereocenters. The molecule has 3 rings (SSSR count). The van der Waals surface area contributed by atoms with Crippen LogP contribution in [0.15, 0.2) is 10.9 Å². The molecule has 2 fully saturated rings. The zero-order chi connectivity index (χ0) is 14.2. The third-order valence-corrected chi connectivity index (χ3v) is 6.48. The average Bonchev–Trinajstić information content (AvgIpc) is 2.99. The number of aliphatic hydroxyl groups is 1. The molecule has 2 aliphatic rings. The maximum absolute atomic E-state index is 12.0. The van der Waals surface area contributed by atoms with Crippen LogP contribution >= 0.6 is 11.3 Å². The molecule has 0 aliphatic carbocycles. The van der Waals surface area contributed by atoms with E-state index in [0.717, 1.165) is 18.8 Å². The molecule has 6 nitrogen and oxygen atoms in total. The molecule has 2 saturated heterocycles. The highest BCUT2D eigenvalue weighted by Gasteiger charge is 2.46. The van der Waals surface area contributed by atoms with Crippen LogP contribution in [0.4, 0.5) is 0 Å². The van der Waals surface area contributed by atoms with Crippen LogP contribution in [0, 0.1) is 0 Å². The fourth-order valence-corrected chi connectivity index (χ4v) is 5.81. The molecule has 8 heteroatoms. The lowest BCUT2D eigenvalue weighted by atomic mass is 10.0. The topological polar surface area (TPSA) is 73.7 Å². The molecule has 0 bridgehead atoms. The lowest BCUT2D eigenvalue weighted by Crippen LogP contribution is -2.59. The Hall–Kier alpha value is -0.540. The highest BCUT2D eigenvalue weighted by Crippen LogP contribution is 2.27. The van der Waals surface area contributed by atoms with E-state index in [2.05, 4.69) is 14.8 Å². The van der Waals surface area contributed by atoms with Gasteiger partial charge >= 0.3 is 0 Å². The van der Waals surface area contributed by atoms with Crippen molar-refractivity contribution in [1.29, 1.82) is 0 Å². The Bertz CT molecular complexity index is 546. The number of nitrogens with zero attached hydrogens (tertiary/aromatic N) is 3. The second-order valence-corrected chi connectivity index (χ2v) is 8.29. The van der Waals surface area contributed by atoms with Crippen molar-refractivity contribution in [3.63, 3.8) is 0 Å². The van der Waals surface area contributed by atoms with Crippen molar-refractivity contribution >= 4 is 21.2 Å². The minimum absolute atomic E-state index is 0.0135. The number of fused-ring (bicyclic) bond motifs is 1. The van der Waals surface area contributed by atoms with Crippen LogP contribution in [0.2, 0.25) is 0 Å². The van der Waals surface area contributed by atoms with Crippen LogP contribution in [0.1, 0.15) is 5.69 Å². The largest absolute Gasteiger partial charge is 0.395 e. The quantitative estimate of drug-likeness (QED) is 0.801. The van der Waals surface area contributed by atoms with Gasteiger partial charge in [-0.25, -0.2) is 13.4 Å². The van der Waals surface area contributed by atoms with Gasteiger partial charge in [-0.3, -0.25) is 9.80 Å². The summed E-state index contributed by atoms with van der Waals surface area (Å²) < 4.78 is 23.9. The normalized spacial score (nSPS) is 30.4. The van der Waals surface area contributed by atoms with E-state index in [-0.39, 0.29) is 30.2 Å². The van der Waals surface area contributed by atoms with Crippen LogP contribution in [0.25, 0.3) is 0 Å². The van der Waals surface area contributed by atoms with Gasteiger partial charge in [-0.1, -0.05) is 0 Å². The van der Waals surface area contributed by atoms with E-state index >= 15 is 0 Å². The molecule has 0 amide bonds. The minimum Gasteiger partial charge on any atom is -0.395 e. The maximum atomic E-state index is 12.0. The third-order valence-electron chi connectivity index (χ3n) is 4.14. The van der Waals surface area contributed by atoms with Crippen molar-refractivity contribution in [3.8, 4) is 0 Å². The Morgan fingerprint density at radius 3 is 2.65 bits per heavy atom. The summed E-state index contributed by atoms with van der Waals surface area (Å²) in [7, 11) is -2.97. The summed E-state index contributed by atoms with van der Waals surface area (Å²) in [4.78, 5) is 8.64. The fraction of sp³-hybridized carbons (Fsp3) is 0.750. The summed E-state index contributed by atoms with van der Waals surface area (Å²) in [6.07, 6.45) is 0. The average molecular weight is 317 g/mol. The molecule has 0 spiro atoms. The first-order valence-corrected chi connectivity index (χ1v) is 9.52. The van der Waals surface area contributed by atoms with Gasteiger partial charge < -0.3 is 5.11 Å². The molecule has 1 aromatic rings. The Balaban J connectivity index is 1.78. The van der Waals surface area contributed by atoms with Gasteiger partial charge in [0.15, 0.2) is 9.84 Å². The number of aromatic nitrogens is 1. The Labute approximate surface area is 123 Å². The summed E-state index contributed by atoms with van der Waals surface area (Å²) in [5.74, 6) is 0.439. The van der Waals surface area contributed by atoms with Gasteiger partial charge in [0.25, 0.3) is 0 Å². The van der Waals surface area contributed by atoms with Gasteiger partial charge in [0.2, 0.25) is 0 Å². The number of aliphatic hydroxyl groups excluding tert-OH is 1. The van der Waals surface area contributed by atoms with Crippen molar-refractivity contribution in [3.05, 3.63) is 16.6 Å². The molecular weight excluding hydrogens is 298 g/mol. The number of β-amino-alcohol motifs (C(OH)–C–C–N with tert-alkyl or cyclic N) is 1. The van der Waals surface area contributed by atoms with E-state index in [4.69, 9.17) is 5.11 Å². The highest BCUT2D eigenvalue weighted by atomic mass is 32.2. The number of hydrogen-bond donors (Lipinski definition) is 1. The summed E-state index contributed by atoms with van der Waals surface area (Å²) >= 11 is 1.56. The fourth-order valence-electron chi connectivity index (χ4n) is 3.22. The highest BCUT2D eigenvalue weighted by molar-refractivity contribution is 7.91. The van der Waals surface area contributed by atoms with E-state index in [1.807, 2.05) is 5.38 Å². The number of hydrogen-bond acceptors (Lipinski definition) is 7. The van der Waals surface area contributed by atoms with Gasteiger partial charge in [0.1, 0.15) is 0 Å². The predicted molar refractivity (Wildman–Crippen MR) is 77.4 cm³/mol. The monoisotopic (exact) mass is 317 g/mol. The van der Waals surface area contributed by atoms with Gasteiger partial charge in [-0.2, -0.15) is 0 Å². The first kappa shape index (κ1) is 14.4. The summed E-state index contributed by atoms with van der Waals surface area (Å²) in [5.41, 5.74) is 2.81. The first-order chi connectivity index (χ1) is 9.59. The molecule has 112 valence electrons. The molecule has 1 aromatic heterocycles. The Morgan fingerprint density at radius 2 is 2.00 bits per heavy atom. The van der Waals surface area contributed by atoms with Crippen LogP contribution in [0.5, 0.6) is 0 Å². The van der Waals surface area contributed by atoms with Crippen molar-refractivity contribution in [2.75, 3.05) is 37.7 Å². The predicted octanol–water partition coefficient (Wildman–Crippen LogP) is -0.581. The maximum Gasteiger partial charge on any atom is 0.153 e. The molecule has 20 heavy (non-hydrogen) atoms. The number of rotatable bonds is 4. The van der Waals surface area contributed by atoms with Crippen LogP contribution < -0.4 is 0 Å². The molecule has 1 N–H and O–H groups in total. The number of sulfone groups is 1. The van der Waals surface area contributed by atoms with E-state index in [1.165, 1.54) is 0 Å². The SMILES string of the molecule is O=S1(=O)C[C@@H]2[C@H](C1)N(CCO)CCN2Cc1cscn1. The van der Waals surface area contributed by atoms with E-state index in [9.17, 15) is 8.42 Å². The van der Waals surface area contributed by atoms with Crippen LogP contribution in [0.3, 0.4) is 0 Å². The minimum atomic E-state index is -2.97. The van der Waals surface area contributed by atoms with E-state index in [0.29, 0.717) is 13.1 Å².